The van der Waals surface area contributed by atoms with Crippen molar-refractivity contribution in [3.63, 3.8) is 0 Å². The summed E-state index contributed by atoms with van der Waals surface area (Å²) in [5, 5.41) is 8.84. The van der Waals surface area contributed by atoms with Gasteiger partial charge in [0.25, 0.3) is 0 Å². The first kappa shape index (κ1) is 11.4. The molecule has 0 atom stereocenters. The first-order valence-corrected chi connectivity index (χ1v) is 5.04. The fourth-order valence-electron chi connectivity index (χ4n) is 0.991. The quantitative estimate of drug-likeness (QED) is 0.439. The molecule has 0 aromatic carbocycles. The lowest BCUT2D eigenvalue weighted by Gasteiger charge is -2.05. The average Bonchev–Trinajstić information content (AvgIpc) is 2.59. The van der Waals surface area contributed by atoms with Gasteiger partial charge in [-0.2, -0.15) is 5.26 Å². The van der Waals surface area contributed by atoms with Gasteiger partial charge in [-0.15, -0.1) is 11.3 Å². The van der Waals surface area contributed by atoms with Gasteiger partial charge in [-0.05, 0) is 6.92 Å². The first-order valence-electron chi connectivity index (χ1n) is 4.22. The van der Waals surface area contributed by atoms with Gasteiger partial charge in [-0.3, -0.25) is 4.79 Å². The van der Waals surface area contributed by atoms with Crippen LogP contribution in [0.2, 0.25) is 0 Å². The van der Waals surface area contributed by atoms with Gasteiger partial charge in [0.2, 0.25) is 5.78 Å². The van der Waals surface area contributed by atoms with Crippen LogP contribution in [0.25, 0.3) is 0 Å². The molecule has 15 heavy (non-hydrogen) atoms. The van der Waals surface area contributed by atoms with E-state index in [1.165, 1.54) is 6.20 Å². The highest BCUT2D eigenvalue weighted by Crippen LogP contribution is 2.16. The summed E-state index contributed by atoms with van der Waals surface area (Å²) >= 11 is 1.13. The van der Waals surface area contributed by atoms with Crippen LogP contribution in [0.4, 0.5) is 0 Å². The Kier molecular flexibility index (Phi) is 3.58. The number of carbonyl (C=O) groups excluding carboxylic acids is 1. The molecule has 0 N–H and O–H groups in total. The van der Waals surface area contributed by atoms with E-state index in [0.717, 1.165) is 11.3 Å². The Morgan fingerprint density at radius 3 is 2.73 bits per heavy atom. The highest BCUT2D eigenvalue weighted by Gasteiger charge is 2.16. The smallest absolute Gasteiger partial charge is 0.216 e. The van der Waals surface area contributed by atoms with Gasteiger partial charge in [0.1, 0.15) is 11.6 Å². The lowest BCUT2D eigenvalue weighted by Crippen LogP contribution is -2.08. The molecule has 0 bridgehead atoms. The van der Waals surface area contributed by atoms with E-state index in [-0.39, 0.29) is 11.4 Å². The maximum Gasteiger partial charge on any atom is 0.216 e. The molecule has 1 rings (SSSR count). The van der Waals surface area contributed by atoms with Crippen LogP contribution in [0.15, 0.2) is 11.8 Å². The molecule has 0 spiro atoms. The van der Waals surface area contributed by atoms with Gasteiger partial charge in [0.15, 0.2) is 5.51 Å². The fourth-order valence-corrected chi connectivity index (χ4v) is 1.66. The minimum absolute atomic E-state index is 0.112. The van der Waals surface area contributed by atoms with Crippen molar-refractivity contribution in [1.82, 2.24) is 9.88 Å². The first-order chi connectivity index (χ1) is 7.06. The lowest BCUT2D eigenvalue weighted by molar-refractivity contribution is 0.104. The second-order valence-corrected chi connectivity index (χ2v) is 3.96. The van der Waals surface area contributed by atoms with Crippen molar-refractivity contribution in [2.75, 3.05) is 14.1 Å². The number of ketones is 1. The topological polar surface area (TPSA) is 57.0 Å². The van der Waals surface area contributed by atoms with Gasteiger partial charge < -0.3 is 4.90 Å². The van der Waals surface area contributed by atoms with Crippen molar-refractivity contribution in [2.45, 2.75) is 6.92 Å². The molecule has 1 radical (unpaired) electrons. The average molecular weight is 220 g/mol. The molecule has 1 aromatic rings. The van der Waals surface area contributed by atoms with Crippen LogP contribution < -0.4 is 0 Å². The Morgan fingerprint density at radius 1 is 1.67 bits per heavy atom. The predicted octanol–water partition coefficient (Wildman–Crippen LogP) is 1.40. The molecule has 4 nitrogen and oxygen atoms in total. The zero-order valence-electron chi connectivity index (χ0n) is 8.74. The number of rotatable bonds is 3. The lowest BCUT2D eigenvalue weighted by atomic mass is 10.1. The number of nitriles is 1. The molecule has 5 heteroatoms. The molecule has 0 saturated heterocycles. The van der Waals surface area contributed by atoms with E-state index in [0.29, 0.717) is 10.6 Å². The highest BCUT2D eigenvalue weighted by molar-refractivity contribution is 7.11. The van der Waals surface area contributed by atoms with Gasteiger partial charge in [-0.1, -0.05) is 0 Å². The Balaban J connectivity index is 3.05. The number of nitrogens with zero attached hydrogens (tertiary/aromatic N) is 3. The summed E-state index contributed by atoms with van der Waals surface area (Å²) in [5.74, 6) is -0.289. The van der Waals surface area contributed by atoms with Crippen molar-refractivity contribution < 1.29 is 4.79 Å². The standard InChI is InChI=1S/C10H10N3OS/c1-7-10(15-6-12-7)9(14)8(4-11)5-13(2)3/h5H,1-3H3/b8-5+. The Morgan fingerprint density at radius 2 is 2.33 bits per heavy atom. The van der Waals surface area contributed by atoms with Crippen LogP contribution in [-0.4, -0.2) is 29.8 Å². The van der Waals surface area contributed by atoms with E-state index in [1.54, 1.807) is 25.9 Å². The molecule has 0 aliphatic heterocycles. The minimum Gasteiger partial charge on any atom is -0.382 e. The Bertz CT molecular complexity index is 440. The largest absolute Gasteiger partial charge is 0.382 e. The van der Waals surface area contributed by atoms with E-state index in [2.05, 4.69) is 10.5 Å². The summed E-state index contributed by atoms with van der Waals surface area (Å²) in [5.41, 5.74) is 3.36. The Labute approximate surface area is 92.5 Å². The van der Waals surface area contributed by atoms with E-state index in [4.69, 9.17) is 5.26 Å². The van der Waals surface area contributed by atoms with Crippen molar-refractivity contribution in [3.8, 4) is 6.07 Å². The summed E-state index contributed by atoms with van der Waals surface area (Å²) in [6.07, 6.45) is 1.50. The monoisotopic (exact) mass is 220 g/mol. The molecule has 0 amide bonds. The van der Waals surface area contributed by atoms with Gasteiger partial charge in [0.05, 0.1) is 10.6 Å². The molecular formula is C10H10N3OS. The molecule has 0 aliphatic carbocycles. The van der Waals surface area contributed by atoms with Crippen molar-refractivity contribution in [2.24, 2.45) is 0 Å². The molecule has 1 heterocycles. The number of hydrogen-bond acceptors (Lipinski definition) is 5. The second-order valence-electron chi connectivity index (χ2n) is 3.17. The zero-order valence-corrected chi connectivity index (χ0v) is 9.55. The maximum atomic E-state index is 11.8. The molecule has 0 fully saturated rings. The molecule has 0 saturated carbocycles. The molecular weight excluding hydrogens is 210 g/mol. The second kappa shape index (κ2) is 4.71. The third-order valence-corrected chi connectivity index (χ3v) is 2.52. The van der Waals surface area contributed by atoms with Crippen molar-refractivity contribution >= 4 is 17.1 Å². The van der Waals surface area contributed by atoms with E-state index < -0.39 is 0 Å². The number of thiazole rings is 1. The number of allylic oxidation sites excluding steroid dienone is 1. The van der Waals surface area contributed by atoms with E-state index in [9.17, 15) is 4.79 Å². The highest BCUT2D eigenvalue weighted by atomic mass is 32.1. The van der Waals surface area contributed by atoms with Crippen molar-refractivity contribution in [3.05, 3.63) is 27.9 Å². The van der Waals surface area contributed by atoms with Crippen LogP contribution in [0, 0.1) is 23.8 Å². The van der Waals surface area contributed by atoms with E-state index >= 15 is 0 Å². The summed E-state index contributed by atoms with van der Waals surface area (Å²) in [6, 6.07) is 1.88. The number of Topliss-reactive ketones (excluding diaryl/α,β-unsaturated/α-hetero) is 1. The number of aryl methyl sites for hydroxylation is 1. The van der Waals surface area contributed by atoms with Crippen molar-refractivity contribution in [1.29, 1.82) is 5.26 Å². The number of hydrogen-bond donors (Lipinski definition) is 0. The van der Waals surface area contributed by atoms with Crippen LogP contribution in [0.5, 0.6) is 0 Å². The summed E-state index contributed by atoms with van der Waals surface area (Å²) < 4.78 is 0. The van der Waals surface area contributed by atoms with Crippen LogP contribution >= 0.6 is 11.3 Å². The van der Waals surface area contributed by atoms with Crippen LogP contribution in [0.1, 0.15) is 15.4 Å². The molecule has 1 aromatic heterocycles. The molecule has 0 unspecified atom stereocenters. The van der Waals surface area contributed by atoms with E-state index in [1.807, 2.05) is 6.07 Å². The molecule has 0 aliphatic rings. The third kappa shape index (κ3) is 2.64. The third-order valence-electron chi connectivity index (χ3n) is 1.65. The normalized spacial score (nSPS) is 10.9. The zero-order chi connectivity index (χ0) is 11.4. The predicted molar refractivity (Wildman–Crippen MR) is 57.4 cm³/mol. The van der Waals surface area contributed by atoms with Crippen LogP contribution in [0.3, 0.4) is 0 Å². The number of aromatic nitrogens is 1. The minimum atomic E-state index is -0.289. The van der Waals surface area contributed by atoms with Gasteiger partial charge in [-0.25, -0.2) is 4.98 Å². The van der Waals surface area contributed by atoms with Crippen LogP contribution in [-0.2, 0) is 0 Å². The summed E-state index contributed by atoms with van der Waals surface area (Å²) in [7, 11) is 3.52. The fraction of sp³-hybridized carbons (Fsp3) is 0.300. The maximum absolute atomic E-state index is 11.8. The SMILES string of the molecule is Cc1n[c]sc1C(=O)/C(C#N)=C/N(C)C. The van der Waals surface area contributed by atoms with Gasteiger partial charge in [0, 0.05) is 20.3 Å². The summed E-state index contributed by atoms with van der Waals surface area (Å²) in [4.78, 5) is 17.8. The Hall–Kier alpha value is -1.67. The summed E-state index contributed by atoms with van der Waals surface area (Å²) in [6.45, 7) is 1.73. The van der Waals surface area contributed by atoms with Gasteiger partial charge >= 0.3 is 0 Å². The number of carbonyl (C=O) groups is 1. The molecule has 77 valence electrons.